The quantitative estimate of drug-likeness (QED) is 0.0295. The van der Waals surface area contributed by atoms with Crippen molar-refractivity contribution in [2.75, 3.05) is 19.8 Å². The van der Waals surface area contributed by atoms with Gasteiger partial charge in [-0.25, -0.2) is 4.57 Å². The van der Waals surface area contributed by atoms with Crippen molar-refractivity contribution in [3.05, 3.63) is 12.2 Å². The summed E-state index contributed by atoms with van der Waals surface area (Å²) in [6, 6.07) is -0.852. The minimum atomic E-state index is -4.32. The van der Waals surface area contributed by atoms with Crippen LogP contribution in [0.2, 0.25) is 0 Å². The zero-order chi connectivity index (χ0) is 34.0. The molecule has 0 aliphatic rings. The van der Waals surface area contributed by atoms with Crippen molar-refractivity contribution < 1.29 is 28.4 Å². The summed E-state index contributed by atoms with van der Waals surface area (Å²) < 4.78 is 22.0. The Morgan fingerprint density at radius 1 is 0.696 bits per heavy atom. The van der Waals surface area contributed by atoms with E-state index >= 15 is 0 Å². The molecular formula is C37H75N2O6P. The number of phosphoric ester groups is 1. The van der Waals surface area contributed by atoms with Gasteiger partial charge in [0.05, 0.1) is 25.4 Å². The Kier molecular flexibility index (Phi) is 33.6. The second-order valence-corrected chi connectivity index (χ2v) is 14.6. The van der Waals surface area contributed by atoms with Crippen LogP contribution in [0.15, 0.2) is 12.2 Å². The fraction of sp³-hybridized carbons (Fsp3) is 0.919. The van der Waals surface area contributed by atoms with Crippen LogP contribution in [-0.2, 0) is 18.4 Å². The predicted molar refractivity (Wildman–Crippen MR) is 194 cm³/mol. The van der Waals surface area contributed by atoms with Gasteiger partial charge in [0.2, 0.25) is 5.91 Å². The molecule has 3 atom stereocenters. The molecule has 9 heteroatoms. The number of hydrogen-bond acceptors (Lipinski definition) is 6. The Bertz CT molecular complexity index is 739. The molecule has 0 fully saturated rings. The van der Waals surface area contributed by atoms with E-state index in [2.05, 4.69) is 19.2 Å². The third kappa shape index (κ3) is 31.8. The number of allylic oxidation sites excluding steroid dienone is 1. The second-order valence-electron chi connectivity index (χ2n) is 13.1. The van der Waals surface area contributed by atoms with Crippen LogP contribution in [0.1, 0.15) is 187 Å². The highest BCUT2D eigenvalue weighted by Gasteiger charge is 2.26. The molecule has 1 unspecified atom stereocenters. The Hall–Kier alpha value is -0.760. The largest absolute Gasteiger partial charge is 0.472 e. The first-order chi connectivity index (χ1) is 22.4. The molecule has 46 heavy (non-hydrogen) atoms. The summed E-state index contributed by atoms with van der Waals surface area (Å²) in [7, 11) is -4.32. The van der Waals surface area contributed by atoms with Crippen LogP contribution >= 0.6 is 7.82 Å². The third-order valence-electron chi connectivity index (χ3n) is 8.61. The van der Waals surface area contributed by atoms with Crippen molar-refractivity contribution in [1.82, 2.24) is 5.32 Å². The van der Waals surface area contributed by atoms with Crippen molar-refractivity contribution in [1.29, 1.82) is 0 Å². The number of hydrogen-bond donors (Lipinski definition) is 4. The van der Waals surface area contributed by atoms with Crippen molar-refractivity contribution in [2.45, 2.75) is 199 Å². The number of amides is 1. The van der Waals surface area contributed by atoms with E-state index in [0.717, 1.165) is 38.5 Å². The number of phosphoric acid groups is 1. The van der Waals surface area contributed by atoms with Gasteiger partial charge in [-0.3, -0.25) is 13.8 Å². The number of aliphatic hydroxyl groups excluding tert-OH is 1. The molecule has 0 aromatic heterocycles. The van der Waals surface area contributed by atoms with Crippen LogP contribution < -0.4 is 11.1 Å². The lowest BCUT2D eigenvalue weighted by Gasteiger charge is -2.23. The van der Waals surface area contributed by atoms with E-state index in [1.165, 1.54) is 128 Å². The average Bonchev–Trinajstić information content (AvgIpc) is 3.04. The molecule has 1 amide bonds. The van der Waals surface area contributed by atoms with Crippen molar-refractivity contribution in [3.63, 3.8) is 0 Å². The number of carbonyl (C=O) groups excluding carboxylic acids is 1. The maximum Gasteiger partial charge on any atom is 0.472 e. The number of unbranched alkanes of at least 4 members (excludes halogenated alkanes) is 24. The van der Waals surface area contributed by atoms with Crippen LogP contribution in [0.25, 0.3) is 0 Å². The lowest BCUT2D eigenvalue weighted by molar-refractivity contribution is -0.123. The van der Waals surface area contributed by atoms with Crippen LogP contribution in [0.4, 0.5) is 0 Å². The SMILES string of the molecule is CCCCCCCCCC/C=C/[C@@H](O)[C@H](COP(=O)(O)OCCN)NC(=O)CCCCCCCCCCCCCCCCCCC. The molecule has 274 valence electrons. The van der Waals surface area contributed by atoms with Crippen molar-refractivity contribution >= 4 is 13.7 Å². The van der Waals surface area contributed by atoms with Gasteiger partial charge in [-0.2, -0.15) is 0 Å². The number of rotatable bonds is 36. The van der Waals surface area contributed by atoms with Gasteiger partial charge in [0.25, 0.3) is 0 Å². The fourth-order valence-corrected chi connectivity index (χ4v) is 6.42. The molecule has 8 nitrogen and oxygen atoms in total. The number of carbonyl (C=O) groups is 1. The van der Waals surface area contributed by atoms with E-state index in [1.54, 1.807) is 6.08 Å². The lowest BCUT2D eigenvalue weighted by atomic mass is 10.0. The minimum absolute atomic E-state index is 0.0809. The Labute approximate surface area is 284 Å². The van der Waals surface area contributed by atoms with E-state index in [4.69, 9.17) is 14.8 Å². The number of nitrogens with one attached hydrogen (secondary N) is 1. The maximum absolute atomic E-state index is 12.7. The molecule has 0 aromatic carbocycles. The van der Waals surface area contributed by atoms with E-state index in [0.29, 0.717) is 6.42 Å². The summed E-state index contributed by atoms with van der Waals surface area (Å²) in [5.41, 5.74) is 5.35. The van der Waals surface area contributed by atoms with E-state index in [1.807, 2.05) is 6.08 Å². The number of aliphatic hydroxyl groups is 1. The molecule has 0 saturated heterocycles. The molecule has 0 rings (SSSR count). The molecule has 0 heterocycles. The van der Waals surface area contributed by atoms with Gasteiger partial charge in [0.15, 0.2) is 0 Å². The predicted octanol–water partition coefficient (Wildman–Crippen LogP) is 10.1. The Balaban J connectivity index is 4.20. The van der Waals surface area contributed by atoms with Gasteiger partial charge >= 0.3 is 7.82 Å². The smallest absolute Gasteiger partial charge is 0.387 e. The molecule has 0 aromatic rings. The first kappa shape index (κ1) is 45.2. The van der Waals surface area contributed by atoms with Gasteiger partial charge < -0.3 is 21.1 Å². The van der Waals surface area contributed by atoms with Crippen molar-refractivity contribution in [2.24, 2.45) is 5.73 Å². The summed E-state index contributed by atoms with van der Waals surface area (Å²) in [5, 5.41) is 13.6. The van der Waals surface area contributed by atoms with Gasteiger partial charge in [-0.15, -0.1) is 0 Å². The van der Waals surface area contributed by atoms with Gasteiger partial charge in [-0.05, 0) is 19.3 Å². The average molecular weight is 675 g/mol. The zero-order valence-corrected chi connectivity index (χ0v) is 31.0. The van der Waals surface area contributed by atoms with E-state index in [-0.39, 0.29) is 25.7 Å². The minimum Gasteiger partial charge on any atom is -0.387 e. The first-order valence-corrected chi connectivity index (χ1v) is 20.8. The Morgan fingerprint density at radius 2 is 1.11 bits per heavy atom. The summed E-state index contributed by atoms with van der Waals surface area (Å²) in [6.45, 7) is 4.12. The highest BCUT2D eigenvalue weighted by Crippen LogP contribution is 2.43. The van der Waals surface area contributed by atoms with Gasteiger partial charge in [0.1, 0.15) is 0 Å². The summed E-state index contributed by atoms with van der Waals surface area (Å²) in [4.78, 5) is 22.6. The van der Waals surface area contributed by atoms with Gasteiger partial charge in [0, 0.05) is 13.0 Å². The fourth-order valence-electron chi connectivity index (χ4n) is 5.66. The van der Waals surface area contributed by atoms with Crippen LogP contribution in [0.5, 0.6) is 0 Å². The maximum atomic E-state index is 12.7. The van der Waals surface area contributed by atoms with Crippen LogP contribution in [0.3, 0.4) is 0 Å². The molecule has 0 saturated carbocycles. The molecule has 0 radical (unpaired) electrons. The monoisotopic (exact) mass is 675 g/mol. The third-order valence-corrected chi connectivity index (χ3v) is 9.60. The van der Waals surface area contributed by atoms with Crippen LogP contribution in [-0.4, -0.2) is 47.8 Å². The van der Waals surface area contributed by atoms with Crippen LogP contribution in [0, 0.1) is 0 Å². The first-order valence-electron chi connectivity index (χ1n) is 19.3. The van der Waals surface area contributed by atoms with Gasteiger partial charge in [-0.1, -0.05) is 174 Å². The molecule has 5 N–H and O–H groups in total. The lowest BCUT2D eigenvalue weighted by Crippen LogP contribution is -2.45. The highest BCUT2D eigenvalue weighted by atomic mass is 31.2. The molecular weight excluding hydrogens is 599 g/mol. The highest BCUT2D eigenvalue weighted by molar-refractivity contribution is 7.47. The van der Waals surface area contributed by atoms with E-state index < -0.39 is 20.0 Å². The topological polar surface area (TPSA) is 131 Å². The number of nitrogens with two attached hydrogens (primary N) is 1. The summed E-state index contributed by atoms with van der Waals surface area (Å²) in [5.74, 6) is -0.194. The standard InChI is InChI=1S/C37H75N2O6P/c1-3-5-7-9-11-13-15-16-17-18-19-20-21-23-25-27-29-31-37(41)39-35(34-45-46(42,43)44-33-32-38)36(40)30-28-26-24-22-14-12-10-8-6-4-2/h28,30,35-36,40H,3-27,29,31-34,38H2,1-2H3,(H,39,41)(H,42,43)/b30-28+/t35-,36+/m0/s1. The zero-order valence-electron chi connectivity index (χ0n) is 30.1. The van der Waals surface area contributed by atoms with E-state index in [9.17, 15) is 19.4 Å². The Morgan fingerprint density at radius 3 is 1.54 bits per heavy atom. The van der Waals surface area contributed by atoms with Crippen molar-refractivity contribution in [3.8, 4) is 0 Å². The molecule has 0 aliphatic carbocycles. The normalized spacial score (nSPS) is 14.5. The molecule has 0 spiro atoms. The molecule has 0 bridgehead atoms. The molecule has 0 aliphatic heterocycles. The summed E-state index contributed by atoms with van der Waals surface area (Å²) >= 11 is 0. The second kappa shape index (κ2) is 34.1. The summed E-state index contributed by atoms with van der Waals surface area (Å²) in [6.07, 6.45) is 35.4.